The number of nitrogens with one attached hydrogen (secondary N) is 1. The first-order valence-corrected chi connectivity index (χ1v) is 7.50. The molecule has 1 aliphatic rings. The summed E-state index contributed by atoms with van der Waals surface area (Å²) < 4.78 is 10.8. The lowest BCUT2D eigenvalue weighted by atomic mass is 10.0. The fourth-order valence-electron chi connectivity index (χ4n) is 2.25. The number of ether oxygens (including phenoxy) is 2. The van der Waals surface area contributed by atoms with Gasteiger partial charge in [0, 0.05) is 11.3 Å². The number of anilines is 1. The number of benzene rings is 2. The van der Waals surface area contributed by atoms with E-state index >= 15 is 0 Å². The maximum Gasteiger partial charge on any atom is 0.255 e. The van der Waals surface area contributed by atoms with Crippen molar-refractivity contribution in [2.24, 2.45) is 0 Å². The highest BCUT2D eigenvalue weighted by Crippen LogP contribution is 2.21. The second-order valence-electron chi connectivity index (χ2n) is 5.26. The second kappa shape index (κ2) is 6.62. The van der Waals surface area contributed by atoms with E-state index < -0.39 is 0 Å². The average Bonchev–Trinajstić information content (AvgIpc) is 3.38. The second-order valence-corrected chi connectivity index (χ2v) is 5.26. The fraction of sp³-hybridized carbons (Fsp3) is 0.278. The lowest BCUT2D eigenvalue weighted by Gasteiger charge is -2.11. The number of carbonyl (C=O) groups excluding carboxylic acids is 1. The summed E-state index contributed by atoms with van der Waals surface area (Å²) in [5.41, 5.74) is 2.45. The SMILES string of the molecule is CCc1cc(OCC2CO2)ccc1C(=O)Nc1ccccc1. The van der Waals surface area contributed by atoms with Crippen LogP contribution in [-0.4, -0.2) is 25.2 Å². The third kappa shape index (κ3) is 3.65. The lowest BCUT2D eigenvalue weighted by Crippen LogP contribution is -2.14. The number of hydrogen-bond donors (Lipinski definition) is 1. The van der Waals surface area contributed by atoms with Gasteiger partial charge in [-0.15, -0.1) is 0 Å². The van der Waals surface area contributed by atoms with Crippen LogP contribution >= 0.6 is 0 Å². The van der Waals surface area contributed by atoms with Crippen molar-refractivity contribution in [3.05, 3.63) is 59.7 Å². The predicted molar refractivity (Wildman–Crippen MR) is 85.5 cm³/mol. The van der Waals surface area contributed by atoms with Crippen molar-refractivity contribution in [2.75, 3.05) is 18.5 Å². The highest BCUT2D eigenvalue weighted by atomic mass is 16.6. The van der Waals surface area contributed by atoms with E-state index in [1.54, 1.807) is 0 Å². The lowest BCUT2D eigenvalue weighted by molar-refractivity contribution is 0.102. The molecule has 0 aromatic heterocycles. The van der Waals surface area contributed by atoms with Crippen LogP contribution in [0.2, 0.25) is 0 Å². The molecular formula is C18H19NO3. The Morgan fingerprint density at radius 3 is 2.73 bits per heavy atom. The van der Waals surface area contributed by atoms with Crippen LogP contribution in [0.3, 0.4) is 0 Å². The molecule has 1 fully saturated rings. The minimum atomic E-state index is -0.0971. The van der Waals surface area contributed by atoms with Crippen LogP contribution in [0, 0.1) is 0 Å². The van der Waals surface area contributed by atoms with Crippen LogP contribution in [0.25, 0.3) is 0 Å². The van der Waals surface area contributed by atoms with Crippen LogP contribution in [-0.2, 0) is 11.2 Å². The Bertz CT molecular complexity index is 651. The minimum absolute atomic E-state index is 0.0971. The van der Waals surface area contributed by atoms with Gasteiger partial charge >= 0.3 is 0 Å². The quantitative estimate of drug-likeness (QED) is 0.832. The zero-order valence-corrected chi connectivity index (χ0v) is 12.5. The van der Waals surface area contributed by atoms with Gasteiger partial charge in [0.25, 0.3) is 5.91 Å². The van der Waals surface area contributed by atoms with Gasteiger partial charge in [0.15, 0.2) is 0 Å². The van der Waals surface area contributed by atoms with Crippen molar-refractivity contribution in [1.82, 2.24) is 0 Å². The molecule has 0 bridgehead atoms. The summed E-state index contributed by atoms with van der Waals surface area (Å²) in [5.74, 6) is 0.684. The van der Waals surface area contributed by atoms with Crippen LogP contribution < -0.4 is 10.1 Å². The standard InChI is InChI=1S/C18H19NO3/c1-2-13-10-15(21-11-16-12-22-16)8-9-17(13)18(20)19-14-6-4-3-5-7-14/h3-10,16H,2,11-12H2,1H3,(H,19,20). The van der Waals surface area contributed by atoms with E-state index in [1.807, 2.05) is 55.5 Å². The maximum atomic E-state index is 12.4. The average molecular weight is 297 g/mol. The van der Waals surface area contributed by atoms with Crippen molar-refractivity contribution in [3.63, 3.8) is 0 Å². The third-order valence-corrected chi connectivity index (χ3v) is 3.57. The largest absolute Gasteiger partial charge is 0.491 e. The van der Waals surface area contributed by atoms with Crippen LogP contribution in [0.4, 0.5) is 5.69 Å². The molecule has 3 rings (SSSR count). The molecule has 1 amide bonds. The molecule has 4 nitrogen and oxygen atoms in total. The van der Waals surface area contributed by atoms with E-state index in [9.17, 15) is 4.79 Å². The fourth-order valence-corrected chi connectivity index (χ4v) is 2.25. The maximum absolute atomic E-state index is 12.4. The van der Waals surface area contributed by atoms with Gasteiger partial charge in [-0.05, 0) is 42.3 Å². The Balaban J connectivity index is 1.72. The summed E-state index contributed by atoms with van der Waals surface area (Å²) in [6, 6.07) is 15.0. The molecule has 22 heavy (non-hydrogen) atoms. The van der Waals surface area contributed by atoms with Gasteiger partial charge in [0.05, 0.1) is 6.61 Å². The number of amides is 1. The molecule has 1 saturated heterocycles. The first-order chi connectivity index (χ1) is 10.8. The monoisotopic (exact) mass is 297 g/mol. The van der Waals surface area contributed by atoms with Crippen molar-refractivity contribution < 1.29 is 14.3 Å². The molecule has 1 heterocycles. The number of hydrogen-bond acceptors (Lipinski definition) is 3. The Morgan fingerprint density at radius 1 is 1.27 bits per heavy atom. The Hall–Kier alpha value is -2.33. The van der Waals surface area contributed by atoms with Gasteiger partial charge < -0.3 is 14.8 Å². The van der Waals surface area contributed by atoms with Crippen molar-refractivity contribution >= 4 is 11.6 Å². The molecule has 0 spiro atoms. The van der Waals surface area contributed by atoms with Crippen LogP contribution in [0.1, 0.15) is 22.8 Å². The van der Waals surface area contributed by atoms with Gasteiger partial charge in [-0.2, -0.15) is 0 Å². The molecule has 0 radical (unpaired) electrons. The van der Waals surface area contributed by atoms with Gasteiger partial charge in [-0.3, -0.25) is 4.79 Å². The van der Waals surface area contributed by atoms with Crippen LogP contribution in [0.15, 0.2) is 48.5 Å². The number of epoxide rings is 1. The molecule has 1 unspecified atom stereocenters. The third-order valence-electron chi connectivity index (χ3n) is 3.57. The Kier molecular flexibility index (Phi) is 4.39. The van der Waals surface area contributed by atoms with E-state index in [0.717, 1.165) is 30.0 Å². The molecule has 0 aliphatic carbocycles. The Morgan fingerprint density at radius 2 is 2.05 bits per heavy atom. The molecule has 2 aromatic carbocycles. The smallest absolute Gasteiger partial charge is 0.255 e. The van der Waals surface area contributed by atoms with E-state index in [-0.39, 0.29) is 12.0 Å². The number of rotatable bonds is 6. The van der Waals surface area contributed by atoms with Gasteiger partial charge in [-0.1, -0.05) is 25.1 Å². The normalized spacial score (nSPS) is 16.1. The van der Waals surface area contributed by atoms with E-state index in [1.165, 1.54) is 0 Å². The summed E-state index contributed by atoms with van der Waals surface area (Å²) >= 11 is 0. The molecule has 1 N–H and O–H groups in total. The van der Waals surface area contributed by atoms with E-state index in [2.05, 4.69) is 5.32 Å². The predicted octanol–water partition coefficient (Wildman–Crippen LogP) is 3.28. The van der Waals surface area contributed by atoms with Gasteiger partial charge in [0.2, 0.25) is 0 Å². The molecule has 1 aliphatic heterocycles. The zero-order valence-electron chi connectivity index (χ0n) is 12.5. The number of aryl methyl sites for hydroxylation is 1. The highest BCUT2D eigenvalue weighted by Gasteiger charge is 2.23. The molecule has 0 saturated carbocycles. The topological polar surface area (TPSA) is 50.9 Å². The highest BCUT2D eigenvalue weighted by molar-refractivity contribution is 6.05. The zero-order chi connectivity index (χ0) is 15.4. The molecular weight excluding hydrogens is 278 g/mol. The first kappa shape index (κ1) is 14.6. The van der Waals surface area contributed by atoms with Crippen molar-refractivity contribution in [2.45, 2.75) is 19.4 Å². The molecule has 4 heteroatoms. The van der Waals surface area contributed by atoms with Crippen molar-refractivity contribution in [3.8, 4) is 5.75 Å². The molecule has 1 atom stereocenters. The summed E-state index contributed by atoms with van der Waals surface area (Å²) in [6.45, 7) is 3.37. The van der Waals surface area contributed by atoms with Crippen molar-refractivity contribution in [1.29, 1.82) is 0 Å². The van der Waals surface area contributed by atoms with Crippen LogP contribution in [0.5, 0.6) is 5.75 Å². The minimum Gasteiger partial charge on any atom is -0.491 e. The number of carbonyl (C=O) groups is 1. The summed E-state index contributed by atoms with van der Waals surface area (Å²) in [5, 5.41) is 2.91. The summed E-state index contributed by atoms with van der Waals surface area (Å²) in [6.07, 6.45) is 1.00. The first-order valence-electron chi connectivity index (χ1n) is 7.50. The molecule has 2 aromatic rings. The molecule has 114 valence electrons. The summed E-state index contributed by atoms with van der Waals surface area (Å²) in [4.78, 5) is 12.4. The van der Waals surface area contributed by atoms with Gasteiger partial charge in [0.1, 0.15) is 18.5 Å². The summed E-state index contributed by atoms with van der Waals surface area (Å²) in [7, 11) is 0. The number of para-hydroxylation sites is 1. The van der Waals surface area contributed by atoms with E-state index in [0.29, 0.717) is 12.2 Å². The Labute approximate surface area is 130 Å². The van der Waals surface area contributed by atoms with Gasteiger partial charge in [-0.25, -0.2) is 0 Å². The van der Waals surface area contributed by atoms with E-state index in [4.69, 9.17) is 9.47 Å².